The van der Waals surface area contributed by atoms with Crippen molar-refractivity contribution in [2.45, 2.75) is 83.8 Å². The highest BCUT2D eigenvalue weighted by atomic mass is 79.9. The summed E-state index contributed by atoms with van der Waals surface area (Å²) in [6, 6.07) is 116. The number of nitrogens with two attached hydrogens (primary N) is 1. The van der Waals surface area contributed by atoms with Crippen molar-refractivity contribution in [3.63, 3.8) is 0 Å². The number of halogens is 2. The topological polar surface area (TPSA) is 249 Å². The minimum Gasteiger partial charge on any atom is -0.455 e. The smallest absolute Gasteiger partial charge is 0.315 e. The Bertz CT molecular complexity index is 8900. The first-order valence-corrected chi connectivity index (χ1v) is 46.4. The molecular weight excluding hydrogens is 1830 g/mol. The van der Waals surface area contributed by atoms with Gasteiger partial charge in [0.1, 0.15) is 70.0 Å². The lowest BCUT2D eigenvalue weighted by molar-refractivity contribution is -0.131. The zero-order valence-corrected chi connectivity index (χ0v) is 79.1. The molecule has 26 rings (SSSR count). The fraction of sp³-hybridized carbons (Fsp3) is 0.109. The maximum absolute atomic E-state index is 10.7. The lowest BCUT2D eigenvalue weighted by atomic mass is 9.80. The molecule has 7 aromatic heterocycles. The zero-order chi connectivity index (χ0) is 95.1. The van der Waals surface area contributed by atoms with Crippen LogP contribution in [-0.4, -0.2) is 51.5 Å². The molecule has 1 aliphatic heterocycles. The van der Waals surface area contributed by atoms with Crippen molar-refractivity contribution in [1.82, 2.24) is 9.97 Å². The van der Waals surface area contributed by atoms with E-state index in [0.29, 0.717) is 34.5 Å². The largest absolute Gasteiger partial charge is 0.455 e. The summed E-state index contributed by atoms with van der Waals surface area (Å²) >= 11 is 6.85. The Hall–Kier alpha value is -15.8. The monoisotopic (exact) mass is 1910 g/mol. The van der Waals surface area contributed by atoms with E-state index in [0.717, 1.165) is 191 Å². The molecule has 15 nitrogen and oxygen atoms in total. The number of carbonyl (C=O) groups is 2. The van der Waals surface area contributed by atoms with E-state index in [1.165, 1.54) is 44.5 Å². The molecule has 18 heteroatoms. The minimum absolute atomic E-state index is 0.0904. The lowest BCUT2D eigenvalue weighted by Gasteiger charge is -2.31. The number of hydrogen-bond donors (Lipinski definition) is 3. The molecule has 8 heterocycles. The molecule has 0 fully saturated rings. The van der Waals surface area contributed by atoms with Crippen molar-refractivity contribution in [3.8, 4) is 73.8 Å². The van der Waals surface area contributed by atoms with Crippen molar-refractivity contribution >= 4 is 195 Å². The first kappa shape index (κ1) is 89.1. The minimum atomic E-state index is -1.01. The van der Waals surface area contributed by atoms with E-state index in [9.17, 15) is 14.9 Å². The summed E-state index contributed by atoms with van der Waals surface area (Å²) in [5, 5.41) is 49.3. The summed E-state index contributed by atoms with van der Waals surface area (Å²) in [7, 11) is 5.89. The number of pyridine rings is 2. The number of benzene rings is 16. The quantitative estimate of drug-likeness (QED) is 0.0476. The summed E-state index contributed by atoms with van der Waals surface area (Å²) in [6.45, 7) is 15.2. The Labute approximate surface area is 806 Å². The molecule has 0 saturated heterocycles. The molecule has 2 aliphatic carbocycles. The van der Waals surface area contributed by atoms with Crippen molar-refractivity contribution < 1.29 is 46.6 Å². The van der Waals surface area contributed by atoms with E-state index in [1.807, 2.05) is 200 Å². The summed E-state index contributed by atoms with van der Waals surface area (Å²) in [6.07, 6.45) is 1.25. The van der Waals surface area contributed by atoms with Crippen molar-refractivity contribution in [1.29, 1.82) is 10.5 Å². The van der Waals surface area contributed by atoms with Gasteiger partial charge in [0.25, 0.3) is 0 Å². The fourth-order valence-electron chi connectivity index (χ4n) is 18.5. The van der Waals surface area contributed by atoms with Crippen LogP contribution in [0.2, 0.25) is 0 Å². The van der Waals surface area contributed by atoms with Crippen LogP contribution in [-0.2, 0) is 22.0 Å². The van der Waals surface area contributed by atoms with Crippen LogP contribution in [0.25, 0.3) is 187 Å². The summed E-state index contributed by atoms with van der Waals surface area (Å²) in [5.41, 5.74) is 33.8. The Kier molecular flexibility index (Phi) is 23.1. The number of para-hydroxylation sites is 7. The van der Waals surface area contributed by atoms with E-state index in [2.05, 4.69) is 187 Å². The molecule has 2 radical (unpaired) electrons. The third-order valence-electron chi connectivity index (χ3n) is 26.3. The van der Waals surface area contributed by atoms with Crippen molar-refractivity contribution in [2.24, 2.45) is 0 Å². The van der Waals surface area contributed by atoms with Crippen LogP contribution >= 0.6 is 31.9 Å². The van der Waals surface area contributed by atoms with Crippen LogP contribution in [0.5, 0.6) is 5.75 Å². The van der Waals surface area contributed by atoms with Gasteiger partial charge in [-0.05, 0) is 211 Å². The Morgan fingerprint density at radius 3 is 1.25 bits per heavy atom. The SMILES string of the molecule is Brc1cccc(-c2nc3c(ccc4c5ccccc5oc43)c3oc4ccccc4c23)c1.CC(C)(O)C(C)(C)O.CC1(C)c2cc(C#N)ccc2-c2ccc(-c3cccc(-c4nc5c(ccc6c7ccccc7oc65)c5oc6ccccc6c45)c3)cc21.Nc1cccc2c1oc1ccccc12.O=C1Cc2ccccc2O1.O=Cc1cccc(Br)c1.[B]c1ccc2c(c1)C(C)(C)c1cc(C#N)ccc1-2. The van der Waals surface area contributed by atoms with Gasteiger partial charge in [-0.1, -0.05) is 271 Å². The Balaban J connectivity index is 0.000000110. The number of nitrogens with zero attached hydrogens (tertiary/aromatic N) is 4. The van der Waals surface area contributed by atoms with Gasteiger partial charge in [0.2, 0.25) is 0 Å². The molecule has 0 bridgehead atoms. The molecule has 16 aromatic carbocycles. The fourth-order valence-corrected chi connectivity index (χ4v) is 19.4. The maximum atomic E-state index is 10.7. The van der Waals surface area contributed by atoms with E-state index in [1.54, 1.807) is 45.9 Å². The Morgan fingerprint density at radius 2 is 0.766 bits per heavy atom. The van der Waals surface area contributed by atoms with E-state index in [-0.39, 0.29) is 16.8 Å². The van der Waals surface area contributed by atoms with Gasteiger partial charge in [-0.25, -0.2) is 9.97 Å². The lowest BCUT2D eigenvalue weighted by Crippen LogP contribution is -2.44. The highest BCUT2D eigenvalue weighted by molar-refractivity contribution is 9.10. The molecule has 0 saturated carbocycles. The summed E-state index contributed by atoms with van der Waals surface area (Å²) < 4.78 is 38.2. The third-order valence-corrected chi connectivity index (χ3v) is 27.3. The second-order valence-electron chi connectivity index (χ2n) is 36.4. The second-order valence-corrected chi connectivity index (χ2v) is 38.3. The van der Waals surface area contributed by atoms with Crippen molar-refractivity contribution in [3.05, 3.63) is 387 Å². The average molecular weight is 1920 g/mol. The summed E-state index contributed by atoms with van der Waals surface area (Å²) in [4.78, 5) is 31.4. The molecular formula is C119H86BBr2N5O10. The molecule has 4 N–H and O–H groups in total. The van der Waals surface area contributed by atoms with Gasteiger partial charge < -0.3 is 42.8 Å². The van der Waals surface area contributed by atoms with Gasteiger partial charge in [0, 0.05) is 95.9 Å². The molecule has 0 amide bonds. The molecule has 0 unspecified atom stereocenters. The number of nitrogen functional groups attached to an aromatic ring is 1. The number of aromatic nitrogens is 2. The number of hydrogen-bond acceptors (Lipinski definition) is 15. The maximum Gasteiger partial charge on any atom is 0.315 e. The van der Waals surface area contributed by atoms with Gasteiger partial charge >= 0.3 is 5.97 Å². The molecule has 23 aromatic rings. The Morgan fingerprint density at radius 1 is 0.387 bits per heavy atom. The normalized spacial score (nSPS) is 12.9. The first-order valence-electron chi connectivity index (χ1n) is 44.8. The van der Waals surface area contributed by atoms with Crippen LogP contribution in [0.15, 0.2) is 365 Å². The summed E-state index contributed by atoms with van der Waals surface area (Å²) in [5.74, 6) is 0.564. The highest BCUT2D eigenvalue weighted by Crippen LogP contribution is 2.53. The van der Waals surface area contributed by atoms with Crippen LogP contribution < -0.4 is 15.9 Å². The number of rotatable bonds is 5. The number of carbonyl (C=O) groups excluding carboxylic acids is 2. The second kappa shape index (κ2) is 35.5. The molecule has 664 valence electrons. The predicted molar refractivity (Wildman–Crippen MR) is 559 cm³/mol. The number of esters is 1. The number of ether oxygens (including phenoxy) is 1. The average Bonchev–Trinajstić information content (AvgIpc) is 1.59. The van der Waals surface area contributed by atoms with Gasteiger partial charge in [-0.2, -0.15) is 10.5 Å². The van der Waals surface area contributed by atoms with E-state index in [4.69, 9.17) is 65.8 Å². The van der Waals surface area contributed by atoms with Crippen LogP contribution in [0.1, 0.15) is 105 Å². The molecule has 0 spiro atoms. The number of anilines is 1. The van der Waals surface area contributed by atoms with Crippen molar-refractivity contribution in [2.75, 3.05) is 5.73 Å². The number of nitriles is 2. The first-order chi connectivity index (χ1) is 66.1. The number of furan rings is 5. The standard InChI is InChI=1S/C43H26N2O2.C27H14BrNO2.C16H12BN.C12H9NO.C8H6O2.C7H5BrO.C6H14O2/c1-43(2)34-20-24(23-44)14-16-28(34)29-17-15-26(22-35(29)43)25-8-7-9-27(21-25)39-38-32-11-4-6-13-37(32)46-41(38)33-19-18-31-30-10-3-5-12-36(30)47-42(31)40(33)45-39;28-16-7-5-6-15(14-16)24-23-19-9-2-4-11-22(19)30-26(23)20-13-12-18-17-8-1-3-10-21(17)31-27(18)25(20)29-24;1-16(2)14-7-10(9-18)3-5-12(14)13-6-4-11(17)8-15(13)16;13-10-6-3-5-9-8-4-1-2-7-11(8)14-12(9)10;9-8-5-6-3-1-2-4-7(6)10-8;8-7-3-1-2-6(4-7)5-9;1-5(2,7)6(3,4)8/h3-22H,1-2H3;1-14H;3-8H,1-2H3;1-7H,13H2;1-4H,5H2;1-5H;7-8H,1-4H3. The third kappa shape index (κ3) is 16.5. The van der Waals surface area contributed by atoms with Gasteiger partial charge in [-0.15, -0.1) is 0 Å². The van der Waals surface area contributed by atoms with Gasteiger partial charge in [0.15, 0.2) is 16.7 Å². The highest BCUT2D eigenvalue weighted by Gasteiger charge is 2.38. The van der Waals surface area contributed by atoms with Crippen LogP contribution in [0.3, 0.4) is 0 Å². The molecule has 3 aliphatic rings. The molecule has 0 atom stereocenters. The van der Waals surface area contributed by atoms with Crippen LogP contribution in [0, 0.1) is 22.7 Å². The zero-order valence-electron chi connectivity index (χ0n) is 75.9. The number of aliphatic hydroxyl groups is 2. The number of aldehydes is 1. The molecule has 137 heavy (non-hydrogen) atoms. The van der Waals surface area contributed by atoms with Crippen LogP contribution in [0.4, 0.5) is 5.69 Å². The van der Waals surface area contributed by atoms with Gasteiger partial charge in [-0.3, -0.25) is 9.59 Å². The van der Waals surface area contributed by atoms with Gasteiger partial charge in [0.05, 0.1) is 68.7 Å². The predicted octanol–water partition coefficient (Wildman–Crippen LogP) is 29.8. The number of fused-ring (bicyclic) bond motifs is 28. The van der Waals surface area contributed by atoms with E-state index < -0.39 is 11.2 Å². The van der Waals surface area contributed by atoms with E-state index >= 15 is 0 Å².